The van der Waals surface area contributed by atoms with Crippen molar-refractivity contribution in [3.63, 3.8) is 0 Å². The Morgan fingerprint density at radius 1 is 1.38 bits per heavy atom. The van der Waals surface area contributed by atoms with Crippen LogP contribution in [-0.4, -0.2) is 53.6 Å². The van der Waals surface area contributed by atoms with E-state index >= 15 is 0 Å². The highest BCUT2D eigenvalue weighted by atomic mass is 32.2. The van der Waals surface area contributed by atoms with E-state index in [1.165, 1.54) is 0 Å². The van der Waals surface area contributed by atoms with Gasteiger partial charge in [-0.05, 0) is 37.4 Å². The minimum atomic E-state index is -0.635. The molecule has 0 aliphatic heterocycles. The van der Waals surface area contributed by atoms with Crippen molar-refractivity contribution < 1.29 is 14.9 Å². The summed E-state index contributed by atoms with van der Waals surface area (Å²) in [6.45, 7) is 2.65. The summed E-state index contributed by atoms with van der Waals surface area (Å²) in [5.41, 5.74) is 0.575. The first-order chi connectivity index (χ1) is 10.1. The Kier molecular flexibility index (Phi) is 8.16. The molecule has 5 nitrogen and oxygen atoms in total. The van der Waals surface area contributed by atoms with Crippen LogP contribution in [-0.2, 0) is 0 Å². The van der Waals surface area contributed by atoms with E-state index in [2.05, 4.69) is 5.32 Å². The molecule has 0 bridgehead atoms. The first kappa shape index (κ1) is 17.8. The summed E-state index contributed by atoms with van der Waals surface area (Å²) >= 11 is 1.59. The molecule has 3 atom stereocenters. The second-order valence-electron chi connectivity index (χ2n) is 4.75. The van der Waals surface area contributed by atoms with Gasteiger partial charge in [0.1, 0.15) is 18.5 Å². The summed E-state index contributed by atoms with van der Waals surface area (Å²) in [5.74, 6) is 0.624. The third-order valence-corrected chi connectivity index (χ3v) is 4.30. The Hall–Kier alpha value is -1.26. The molecule has 0 saturated carbocycles. The molecule has 6 heteroatoms. The van der Waals surface area contributed by atoms with Crippen LogP contribution in [0.1, 0.15) is 12.5 Å². The molecule has 21 heavy (non-hydrogen) atoms. The monoisotopic (exact) mass is 310 g/mol. The molecule has 0 aliphatic carbocycles. The van der Waals surface area contributed by atoms with E-state index in [4.69, 9.17) is 10.00 Å². The molecule has 1 rings (SSSR count). The molecule has 0 radical (unpaired) electrons. The topological polar surface area (TPSA) is 85.5 Å². The summed E-state index contributed by atoms with van der Waals surface area (Å²) in [5, 5.41) is 31.1. The number of aliphatic hydroxyl groups is 2. The molecule has 0 saturated heterocycles. The van der Waals surface area contributed by atoms with E-state index in [0.29, 0.717) is 17.9 Å². The fourth-order valence-corrected chi connectivity index (χ4v) is 2.42. The van der Waals surface area contributed by atoms with Crippen LogP contribution in [0.5, 0.6) is 5.75 Å². The van der Waals surface area contributed by atoms with Crippen molar-refractivity contribution >= 4 is 11.8 Å². The molecule has 3 unspecified atom stereocenters. The van der Waals surface area contributed by atoms with Gasteiger partial charge in [0.15, 0.2) is 0 Å². The fourth-order valence-electron chi connectivity index (χ4n) is 1.77. The maximum atomic E-state index is 9.88. The van der Waals surface area contributed by atoms with Gasteiger partial charge in [0.2, 0.25) is 0 Å². The number of nitriles is 1. The average Bonchev–Trinajstić information content (AvgIpc) is 2.52. The van der Waals surface area contributed by atoms with E-state index in [1.54, 1.807) is 36.0 Å². The van der Waals surface area contributed by atoms with Crippen molar-refractivity contribution in [3.8, 4) is 11.8 Å². The number of benzene rings is 1. The van der Waals surface area contributed by atoms with Crippen molar-refractivity contribution in [1.29, 1.82) is 5.26 Å². The van der Waals surface area contributed by atoms with Gasteiger partial charge < -0.3 is 20.3 Å². The van der Waals surface area contributed by atoms with Gasteiger partial charge in [0.05, 0.1) is 18.2 Å². The molecule has 1 aromatic carbocycles. The first-order valence-corrected chi connectivity index (χ1v) is 8.07. The molecular formula is C15H22N2O3S. The molecule has 1 aromatic rings. The van der Waals surface area contributed by atoms with Gasteiger partial charge >= 0.3 is 0 Å². The van der Waals surface area contributed by atoms with Gasteiger partial charge in [-0.15, -0.1) is 0 Å². The Balaban J connectivity index is 2.30. The maximum Gasteiger partial charge on any atom is 0.119 e. The highest BCUT2D eigenvalue weighted by Crippen LogP contribution is 2.12. The van der Waals surface area contributed by atoms with Gasteiger partial charge in [0, 0.05) is 17.8 Å². The van der Waals surface area contributed by atoms with Gasteiger partial charge in [0.25, 0.3) is 0 Å². The number of hydrogen-bond acceptors (Lipinski definition) is 6. The van der Waals surface area contributed by atoms with Crippen LogP contribution in [0.2, 0.25) is 0 Å². The minimum absolute atomic E-state index is 0.104. The summed E-state index contributed by atoms with van der Waals surface area (Å²) in [6, 6.07) is 8.90. The Morgan fingerprint density at radius 3 is 2.57 bits per heavy atom. The molecule has 0 heterocycles. The molecule has 0 amide bonds. The zero-order valence-corrected chi connectivity index (χ0v) is 13.1. The number of rotatable bonds is 9. The van der Waals surface area contributed by atoms with Crippen LogP contribution >= 0.6 is 11.8 Å². The van der Waals surface area contributed by atoms with Crippen molar-refractivity contribution in [2.45, 2.75) is 24.3 Å². The quantitative estimate of drug-likeness (QED) is 0.631. The van der Waals surface area contributed by atoms with Crippen LogP contribution in [0.4, 0.5) is 0 Å². The predicted molar refractivity (Wildman–Crippen MR) is 84.5 cm³/mol. The van der Waals surface area contributed by atoms with E-state index in [-0.39, 0.29) is 24.5 Å². The van der Waals surface area contributed by atoms with E-state index in [9.17, 15) is 10.2 Å². The number of nitrogens with zero attached hydrogens (tertiary/aromatic N) is 1. The highest BCUT2D eigenvalue weighted by molar-refractivity contribution is 7.99. The standard InChI is InChI=1S/C15H22N2O3S/c1-11(15(9-18)21-2)17-8-13(19)10-20-14-5-3-12(7-16)4-6-14/h3-6,11,13,15,17-19H,8-10H2,1-2H3. The van der Waals surface area contributed by atoms with Gasteiger partial charge in [-0.25, -0.2) is 0 Å². The lowest BCUT2D eigenvalue weighted by Crippen LogP contribution is -2.42. The average molecular weight is 310 g/mol. The molecule has 0 fully saturated rings. The van der Waals surface area contributed by atoms with Gasteiger partial charge in [-0.3, -0.25) is 0 Å². The summed E-state index contributed by atoms with van der Waals surface area (Å²) in [6.07, 6.45) is 1.31. The third-order valence-electron chi connectivity index (χ3n) is 3.14. The van der Waals surface area contributed by atoms with Crippen molar-refractivity contribution in [2.24, 2.45) is 0 Å². The van der Waals surface area contributed by atoms with Gasteiger partial charge in [-0.1, -0.05) is 0 Å². The maximum absolute atomic E-state index is 9.88. The van der Waals surface area contributed by atoms with Crippen molar-refractivity contribution in [2.75, 3.05) is 26.0 Å². The van der Waals surface area contributed by atoms with Crippen molar-refractivity contribution in [3.05, 3.63) is 29.8 Å². The van der Waals surface area contributed by atoms with Crippen LogP contribution in [0.3, 0.4) is 0 Å². The lowest BCUT2D eigenvalue weighted by Gasteiger charge is -2.23. The van der Waals surface area contributed by atoms with E-state index in [0.717, 1.165) is 0 Å². The molecular weight excluding hydrogens is 288 g/mol. The SMILES string of the molecule is CSC(CO)C(C)NCC(O)COc1ccc(C#N)cc1. The third kappa shape index (κ3) is 6.36. The molecule has 116 valence electrons. The zero-order valence-electron chi connectivity index (χ0n) is 12.3. The molecule has 0 spiro atoms. The van der Waals surface area contributed by atoms with E-state index in [1.807, 2.05) is 19.2 Å². The summed E-state index contributed by atoms with van der Waals surface area (Å²) < 4.78 is 5.46. The minimum Gasteiger partial charge on any atom is -0.491 e. The van der Waals surface area contributed by atoms with Crippen LogP contribution < -0.4 is 10.1 Å². The number of ether oxygens (including phenoxy) is 1. The zero-order chi connectivity index (χ0) is 15.7. The molecule has 0 aromatic heterocycles. The van der Waals surface area contributed by atoms with E-state index < -0.39 is 6.10 Å². The second-order valence-corrected chi connectivity index (χ2v) is 5.83. The lowest BCUT2D eigenvalue weighted by molar-refractivity contribution is 0.103. The Bertz CT molecular complexity index is 443. The largest absolute Gasteiger partial charge is 0.491 e. The number of nitrogens with one attached hydrogen (secondary N) is 1. The second kappa shape index (κ2) is 9.64. The predicted octanol–water partition coefficient (Wildman–Crippen LogP) is 1.000. The number of aliphatic hydroxyl groups excluding tert-OH is 2. The summed E-state index contributed by atoms with van der Waals surface area (Å²) in [4.78, 5) is 0. The smallest absolute Gasteiger partial charge is 0.119 e. The Labute approximate surface area is 129 Å². The van der Waals surface area contributed by atoms with Crippen LogP contribution in [0.25, 0.3) is 0 Å². The normalized spacial score (nSPS) is 15.0. The number of thioether (sulfide) groups is 1. The lowest BCUT2D eigenvalue weighted by atomic mass is 10.2. The Morgan fingerprint density at radius 2 is 2.05 bits per heavy atom. The fraction of sp³-hybridized carbons (Fsp3) is 0.533. The van der Waals surface area contributed by atoms with Crippen LogP contribution in [0.15, 0.2) is 24.3 Å². The highest BCUT2D eigenvalue weighted by Gasteiger charge is 2.16. The summed E-state index contributed by atoms with van der Waals surface area (Å²) in [7, 11) is 0. The first-order valence-electron chi connectivity index (χ1n) is 6.78. The van der Waals surface area contributed by atoms with Crippen LogP contribution in [0, 0.1) is 11.3 Å². The van der Waals surface area contributed by atoms with Gasteiger partial charge in [-0.2, -0.15) is 17.0 Å². The van der Waals surface area contributed by atoms with Crippen molar-refractivity contribution in [1.82, 2.24) is 5.32 Å². The molecule has 0 aliphatic rings. The molecule has 3 N–H and O–H groups in total. The number of hydrogen-bond donors (Lipinski definition) is 3.